The highest BCUT2D eigenvalue weighted by molar-refractivity contribution is 4.80. The molecule has 2 unspecified atom stereocenters. The Bertz CT molecular complexity index is 167. The van der Waals surface area contributed by atoms with E-state index in [1.807, 2.05) is 14.1 Å². The van der Waals surface area contributed by atoms with Crippen molar-refractivity contribution < 1.29 is 14.6 Å². The Hall–Kier alpha value is -0.200. The molecule has 5 heteroatoms. The molecular formula is C10H22N2O3. The van der Waals surface area contributed by atoms with E-state index in [2.05, 4.69) is 10.2 Å². The zero-order valence-electron chi connectivity index (χ0n) is 9.61. The fourth-order valence-electron chi connectivity index (χ4n) is 1.40. The van der Waals surface area contributed by atoms with Gasteiger partial charge in [-0.2, -0.15) is 0 Å². The highest BCUT2D eigenvalue weighted by atomic mass is 16.5. The third-order valence-electron chi connectivity index (χ3n) is 2.39. The molecule has 0 amide bonds. The molecule has 5 nitrogen and oxygen atoms in total. The highest BCUT2D eigenvalue weighted by Gasteiger charge is 2.24. The van der Waals surface area contributed by atoms with Gasteiger partial charge in [0, 0.05) is 13.1 Å². The second kappa shape index (κ2) is 7.14. The molecule has 1 aliphatic rings. The third-order valence-corrected chi connectivity index (χ3v) is 2.39. The summed E-state index contributed by atoms with van der Waals surface area (Å²) < 4.78 is 10.5. The minimum atomic E-state index is -0.369. The molecule has 0 aromatic carbocycles. The number of aliphatic hydroxyl groups is 1. The van der Waals surface area contributed by atoms with Crippen molar-refractivity contribution >= 4 is 0 Å². The molecule has 0 saturated carbocycles. The number of nitrogens with one attached hydrogen (secondary N) is 1. The van der Waals surface area contributed by atoms with Gasteiger partial charge in [0.1, 0.15) is 0 Å². The van der Waals surface area contributed by atoms with E-state index in [-0.39, 0.29) is 12.1 Å². The van der Waals surface area contributed by atoms with E-state index in [1.165, 1.54) is 0 Å². The summed E-state index contributed by atoms with van der Waals surface area (Å²) in [5.41, 5.74) is 0. The lowest BCUT2D eigenvalue weighted by Gasteiger charge is -2.15. The first-order valence-corrected chi connectivity index (χ1v) is 5.42. The van der Waals surface area contributed by atoms with Crippen LogP contribution in [0, 0.1) is 0 Å². The van der Waals surface area contributed by atoms with E-state index in [0.29, 0.717) is 19.8 Å². The maximum absolute atomic E-state index is 9.43. The number of aliphatic hydroxyl groups excluding tert-OH is 1. The summed E-state index contributed by atoms with van der Waals surface area (Å²) in [4.78, 5) is 2.09. The normalized spacial score (nSPS) is 26.4. The van der Waals surface area contributed by atoms with Gasteiger partial charge in [-0.3, -0.25) is 0 Å². The highest BCUT2D eigenvalue weighted by Crippen LogP contribution is 2.03. The monoisotopic (exact) mass is 218 g/mol. The zero-order valence-corrected chi connectivity index (χ0v) is 9.61. The van der Waals surface area contributed by atoms with E-state index in [4.69, 9.17) is 9.47 Å². The van der Waals surface area contributed by atoms with Crippen molar-refractivity contribution in [2.24, 2.45) is 0 Å². The minimum absolute atomic E-state index is 0.0717. The fraction of sp³-hybridized carbons (Fsp3) is 1.00. The van der Waals surface area contributed by atoms with E-state index >= 15 is 0 Å². The number of likely N-dealkylation sites (N-methyl/N-ethyl adjacent to an activating group) is 1. The van der Waals surface area contributed by atoms with Crippen molar-refractivity contribution in [3.05, 3.63) is 0 Å². The first-order valence-electron chi connectivity index (χ1n) is 5.42. The Morgan fingerprint density at radius 3 is 2.80 bits per heavy atom. The molecule has 0 radical (unpaired) electrons. The van der Waals surface area contributed by atoms with Crippen LogP contribution < -0.4 is 5.32 Å². The van der Waals surface area contributed by atoms with Crippen LogP contribution in [-0.2, 0) is 9.47 Å². The summed E-state index contributed by atoms with van der Waals surface area (Å²) in [6.45, 7) is 4.17. The standard InChI is InChI=1S/C10H22N2O3/c1-12(2)4-6-14-5-3-11-9-7-15-8-10(9)13/h9-11,13H,3-8H2,1-2H3. The van der Waals surface area contributed by atoms with Crippen LogP contribution in [0.2, 0.25) is 0 Å². The first-order chi connectivity index (χ1) is 7.20. The summed E-state index contributed by atoms with van der Waals surface area (Å²) in [5, 5.41) is 12.6. The van der Waals surface area contributed by atoms with Gasteiger partial charge in [-0.1, -0.05) is 0 Å². The SMILES string of the molecule is CN(C)CCOCCNC1COCC1O. The van der Waals surface area contributed by atoms with E-state index in [1.54, 1.807) is 0 Å². The van der Waals surface area contributed by atoms with Gasteiger partial charge in [0.05, 0.1) is 38.6 Å². The zero-order chi connectivity index (χ0) is 11.1. The van der Waals surface area contributed by atoms with Crippen LogP contribution >= 0.6 is 0 Å². The minimum Gasteiger partial charge on any atom is -0.389 e. The molecule has 0 aromatic heterocycles. The van der Waals surface area contributed by atoms with E-state index in [9.17, 15) is 5.11 Å². The molecule has 1 aliphatic heterocycles. The Morgan fingerprint density at radius 2 is 2.20 bits per heavy atom. The van der Waals surface area contributed by atoms with Gasteiger partial charge in [0.15, 0.2) is 0 Å². The molecule has 90 valence electrons. The van der Waals surface area contributed by atoms with Crippen LogP contribution in [0.4, 0.5) is 0 Å². The molecule has 0 aromatic rings. The Balaban J connectivity index is 1.88. The molecule has 1 saturated heterocycles. The Labute approximate surface area is 91.3 Å². The molecule has 0 spiro atoms. The maximum atomic E-state index is 9.43. The number of hydrogen-bond donors (Lipinski definition) is 2. The van der Waals surface area contributed by atoms with Crippen LogP contribution in [0.5, 0.6) is 0 Å². The Morgan fingerprint density at radius 1 is 1.40 bits per heavy atom. The van der Waals surface area contributed by atoms with Gasteiger partial charge < -0.3 is 24.8 Å². The smallest absolute Gasteiger partial charge is 0.0948 e. The summed E-state index contributed by atoms with van der Waals surface area (Å²) in [5.74, 6) is 0. The maximum Gasteiger partial charge on any atom is 0.0948 e. The lowest BCUT2D eigenvalue weighted by molar-refractivity contribution is 0.108. The summed E-state index contributed by atoms with van der Waals surface area (Å²) in [6, 6.07) is 0.0717. The Kier molecular flexibility index (Phi) is 6.12. The lowest BCUT2D eigenvalue weighted by Crippen LogP contribution is -2.40. The molecule has 2 N–H and O–H groups in total. The lowest BCUT2D eigenvalue weighted by atomic mass is 10.2. The average molecular weight is 218 g/mol. The van der Waals surface area contributed by atoms with E-state index < -0.39 is 0 Å². The van der Waals surface area contributed by atoms with Crippen molar-refractivity contribution in [2.75, 3.05) is 53.6 Å². The second-order valence-corrected chi connectivity index (χ2v) is 4.08. The van der Waals surface area contributed by atoms with Crippen molar-refractivity contribution in [1.82, 2.24) is 10.2 Å². The molecule has 2 atom stereocenters. The van der Waals surface area contributed by atoms with Crippen molar-refractivity contribution in [3.63, 3.8) is 0 Å². The molecule has 1 rings (SSSR count). The third kappa shape index (κ3) is 5.44. The fourth-order valence-corrected chi connectivity index (χ4v) is 1.40. The van der Waals surface area contributed by atoms with Crippen LogP contribution in [0.1, 0.15) is 0 Å². The summed E-state index contributed by atoms with van der Waals surface area (Å²) in [6.07, 6.45) is -0.369. The van der Waals surface area contributed by atoms with Crippen LogP contribution in [0.25, 0.3) is 0 Å². The van der Waals surface area contributed by atoms with Crippen molar-refractivity contribution in [2.45, 2.75) is 12.1 Å². The molecule has 0 aliphatic carbocycles. The number of rotatable bonds is 7. The molecule has 0 bridgehead atoms. The van der Waals surface area contributed by atoms with Crippen molar-refractivity contribution in [1.29, 1.82) is 0 Å². The number of ether oxygens (including phenoxy) is 2. The van der Waals surface area contributed by atoms with Gasteiger partial charge in [0.2, 0.25) is 0 Å². The molecule has 1 heterocycles. The first kappa shape index (κ1) is 12.9. The van der Waals surface area contributed by atoms with Crippen LogP contribution in [0.3, 0.4) is 0 Å². The van der Waals surface area contributed by atoms with Crippen LogP contribution in [-0.4, -0.2) is 75.8 Å². The quantitative estimate of drug-likeness (QED) is 0.532. The topological polar surface area (TPSA) is 54.0 Å². The average Bonchev–Trinajstić information content (AvgIpc) is 2.57. The van der Waals surface area contributed by atoms with Crippen LogP contribution in [0.15, 0.2) is 0 Å². The second-order valence-electron chi connectivity index (χ2n) is 4.08. The van der Waals surface area contributed by atoms with Gasteiger partial charge in [-0.25, -0.2) is 0 Å². The largest absolute Gasteiger partial charge is 0.389 e. The van der Waals surface area contributed by atoms with E-state index in [0.717, 1.165) is 19.7 Å². The summed E-state index contributed by atoms with van der Waals surface area (Å²) in [7, 11) is 4.04. The van der Waals surface area contributed by atoms with Crippen molar-refractivity contribution in [3.8, 4) is 0 Å². The summed E-state index contributed by atoms with van der Waals surface area (Å²) >= 11 is 0. The van der Waals surface area contributed by atoms with Gasteiger partial charge in [0.25, 0.3) is 0 Å². The molecule has 1 fully saturated rings. The van der Waals surface area contributed by atoms with Gasteiger partial charge >= 0.3 is 0 Å². The predicted molar refractivity (Wildman–Crippen MR) is 58.0 cm³/mol. The molecular weight excluding hydrogens is 196 g/mol. The number of nitrogens with zero attached hydrogens (tertiary/aromatic N) is 1. The number of hydrogen-bond acceptors (Lipinski definition) is 5. The van der Waals surface area contributed by atoms with Gasteiger partial charge in [-0.15, -0.1) is 0 Å². The predicted octanol–water partition coefficient (Wildman–Crippen LogP) is -1.09. The van der Waals surface area contributed by atoms with Gasteiger partial charge in [-0.05, 0) is 14.1 Å². The molecule has 15 heavy (non-hydrogen) atoms.